The van der Waals surface area contributed by atoms with Crippen molar-refractivity contribution in [3.63, 3.8) is 0 Å². The van der Waals surface area contributed by atoms with Gasteiger partial charge in [-0.05, 0) is 57.0 Å². The van der Waals surface area contributed by atoms with E-state index in [2.05, 4.69) is 12.2 Å². The van der Waals surface area contributed by atoms with Gasteiger partial charge in [-0.25, -0.2) is 0 Å². The first-order valence-corrected chi connectivity index (χ1v) is 7.34. The van der Waals surface area contributed by atoms with Crippen molar-refractivity contribution in [2.24, 2.45) is 0 Å². The lowest BCUT2D eigenvalue weighted by Gasteiger charge is -2.19. The average Bonchev–Trinajstić information content (AvgIpc) is 2.43. The molecule has 21 heavy (non-hydrogen) atoms. The molecule has 2 aromatic carbocycles. The number of para-hydroxylation sites is 2. The molecule has 0 amide bonds. The number of rotatable bonds is 6. The van der Waals surface area contributed by atoms with Crippen molar-refractivity contribution in [2.75, 3.05) is 5.32 Å². The van der Waals surface area contributed by atoms with Gasteiger partial charge in [-0.2, -0.15) is 0 Å². The van der Waals surface area contributed by atoms with Crippen molar-refractivity contribution in [3.8, 4) is 11.5 Å². The van der Waals surface area contributed by atoms with Gasteiger partial charge in [-0.3, -0.25) is 0 Å². The molecule has 3 heteroatoms. The maximum absolute atomic E-state index is 9.31. The highest BCUT2D eigenvalue weighted by Crippen LogP contribution is 2.26. The Morgan fingerprint density at radius 1 is 1.00 bits per heavy atom. The van der Waals surface area contributed by atoms with Crippen LogP contribution in [0.1, 0.15) is 26.3 Å². The van der Waals surface area contributed by atoms with Gasteiger partial charge in [0.1, 0.15) is 11.5 Å². The van der Waals surface area contributed by atoms with Crippen molar-refractivity contribution >= 4 is 5.69 Å². The Morgan fingerprint density at radius 3 is 2.33 bits per heavy atom. The number of nitrogens with one attached hydrogen (secondary N) is 1. The summed E-state index contributed by atoms with van der Waals surface area (Å²) in [5.74, 6) is 1.18. The Hall–Kier alpha value is -2.16. The Morgan fingerprint density at radius 2 is 1.67 bits per heavy atom. The monoisotopic (exact) mass is 285 g/mol. The van der Waals surface area contributed by atoms with Crippen LogP contribution in [0.4, 0.5) is 5.69 Å². The third-order valence-electron chi connectivity index (χ3n) is 3.13. The molecule has 0 fully saturated rings. The highest BCUT2D eigenvalue weighted by molar-refractivity contribution is 5.56. The maximum Gasteiger partial charge on any atom is 0.142 e. The molecular weight excluding hydrogens is 262 g/mol. The summed E-state index contributed by atoms with van der Waals surface area (Å²) in [6, 6.07) is 15.6. The molecule has 0 bridgehead atoms. The predicted octanol–water partition coefficient (Wildman–Crippen LogP) is 4.22. The summed E-state index contributed by atoms with van der Waals surface area (Å²) < 4.78 is 5.82. The second kappa shape index (κ2) is 7.02. The molecule has 0 saturated heterocycles. The molecule has 3 nitrogen and oxygen atoms in total. The zero-order valence-electron chi connectivity index (χ0n) is 12.8. The fraction of sp³-hybridized carbons (Fsp3) is 0.333. The second-order valence-electron chi connectivity index (χ2n) is 5.58. The number of ether oxygens (including phenoxy) is 1. The summed E-state index contributed by atoms with van der Waals surface area (Å²) >= 11 is 0. The standard InChI is InChI=1S/C18H23NO2/c1-13(2)21-18-7-5-4-6-17(18)19-14(3)12-15-8-10-16(20)11-9-15/h4-11,13-14,19-20H,12H2,1-3H3. The van der Waals surface area contributed by atoms with Gasteiger partial charge in [0.05, 0.1) is 11.8 Å². The van der Waals surface area contributed by atoms with Crippen molar-refractivity contribution in [2.45, 2.75) is 39.3 Å². The second-order valence-corrected chi connectivity index (χ2v) is 5.58. The van der Waals surface area contributed by atoms with Crippen molar-refractivity contribution in [1.29, 1.82) is 0 Å². The van der Waals surface area contributed by atoms with E-state index in [1.807, 2.05) is 50.2 Å². The molecule has 0 radical (unpaired) electrons. The molecule has 2 rings (SSSR count). The highest BCUT2D eigenvalue weighted by atomic mass is 16.5. The van der Waals surface area contributed by atoms with E-state index < -0.39 is 0 Å². The van der Waals surface area contributed by atoms with E-state index in [1.54, 1.807) is 12.1 Å². The Labute approximate surface area is 126 Å². The maximum atomic E-state index is 9.31. The van der Waals surface area contributed by atoms with Crippen molar-refractivity contribution in [3.05, 3.63) is 54.1 Å². The Bertz CT molecular complexity index is 564. The number of aromatic hydroxyl groups is 1. The molecule has 0 aromatic heterocycles. The molecule has 0 aliphatic carbocycles. The highest BCUT2D eigenvalue weighted by Gasteiger charge is 2.09. The van der Waals surface area contributed by atoms with Crippen LogP contribution in [0.25, 0.3) is 0 Å². The van der Waals surface area contributed by atoms with E-state index in [0.29, 0.717) is 5.75 Å². The lowest BCUT2D eigenvalue weighted by molar-refractivity contribution is 0.243. The fourth-order valence-corrected chi connectivity index (χ4v) is 2.24. The van der Waals surface area contributed by atoms with Crippen LogP contribution in [0, 0.1) is 0 Å². The summed E-state index contributed by atoms with van der Waals surface area (Å²) in [7, 11) is 0. The van der Waals surface area contributed by atoms with Crippen LogP contribution in [0.2, 0.25) is 0 Å². The fourth-order valence-electron chi connectivity index (χ4n) is 2.24. The van der Waals surface area contributed by atoms with Gasteiger partial charge in [-0.1, -0.05) is 24.3 Å². The number of hydrogen-bond acceptors (Lipinski definition) is 3. The van der Waals surface area contributed by atoms with Crippen LogP contribution >= 0.6 is 0 Å². The van der Waals surface area contributed by atoms with Gasteiger partial charge in [0.25, 0.3) is 0 Å². The number of hydrogen-bond donors (Lipinski definition) is 2. The zero-order valence-corrected chi connectivity index (χ0v) is 12.8. The topological polar surface area (TPSA) is 41.5 Å². The zero-order chi connectivity index (χ0) is 15.2. The van der Waals surface area contributed by atoms with E-state index in [9.17, 15) is 5.11 Å². The molecule has 0 heterocycles. The van der Waals surface area contributed by atoms with E-state index >= 15 is 0 Å². The average molecular weight is 285 g/mol. The molecule has 0 aliphatic heterocycles. The summed E-state index contributed by atoms with van der Waals surface area (Å²) in [6.45, 7) is 6.19. The van der Waals surface area contributed by atoms with Gasteiger partial charge >= 0.3 is 0 Å². The third-order valence-corrected chi connectivity index (χ3v) is 3.13. The molecule has 0 spiro atoms. The summed E-state index contributed by atoms with van der Waals surface area (Å²) in [5, 5.41) is 12.8. The summed E-state index contributed by atoms with van der Waals surface area (Å²) in [6.07, 6.45) is 1.04. The minimum atomic E-state index is 0.153. The van der Waals surface area contributed by atoms with Gasteiger partial charge in [0.15, 0.2) is 0 Å². The van der Waals surface area contributed by atoms with Crippen molar-refractivity contribution < 1.29 is 9.84 Å². The smallest absolute Gasteiger partial charge is 0.142 e. The number of phenolic OH excluding ortho intramolecular Hbond substituents is 1. The van der Waals surface area contributed by atoms with Crippen LogP contribution in [0.5, 0.6) is 11.5 Å². The van der Waals surface area contributed by atoms with E-state index in [-0.39, 0.29) is 12.1 Å². The minimum Gasteiger partial charge on any atom is -0.508 e. The third kappa shape index (κ3) is 4.71. The van der Waals surface area contributed by atoms with E-state index in [0.717, 1.165) is 17.9 Å². The van der Waals surface area contributed by atoms with Crippen LogP contribution in [-0.2, 0) is 6.42 Å². The molecular formula is C18H23NO2. The van der Waals surface area contributed by atoms with Gasteiger partial charge in [0.2, 0.25) is 0 Å². The van der Waals surface area contributed by atoms with Gasteiger partial charge in [-0.15, -0.1) is 0 Å². The lowest BCUT2D eigenvalue weighted by Crippen LogP contribution is -2.19. The number of anilines is 1. The summed E-state index contributed by atoms with van der Waals surface area (Å²) in [5.41, 5.74) is 2.20. The number of benzene rings is 2. The Balaban J connectivity index is 2.02. The summed E-state index contributed by atoms with van der Waals surface area (Å²) in [4.78, 5) is 0. The Kier molecular flexibility index (Phi) is 5.09. The molecule has 2 aromatic rings. The first kappa shape index (κ1) is 15.2. The predicted molar refractivity (Wildman–Crippen MR) is 87.1 cm³/mol. The van der Waals surface area contributed by atoms with E-state index in [4.69, 9.17) is 4.74 Å². The molecule has 112 valence electrons. The molecule has 0 aliphatic rings. The molecule has 0 saturated carbocycles. The molecule has 1 atom stereocenters. The first-order valence-electron chi connectivity index (χ1n) is 7.34. The normalized spacial score (nSPS) is 12.2. The number of phenols is 1. The molecule has 1 unspecified atom stereocenters. The quantitative estimate of drug-likeness (QED) is 0.835. The first-order chi connectivity index (χ1) is 10.0. The van der Waals surface area contributed by atoms with Crippen LogP contribution in [0.15, 0.2) is 48.5 Å². The SMILES string of the molecule is CC(Cc1ccc(O)cc1)Nc1ccccc1OC(C)C. The van der Waals surface area contributed by atoms with Crippen molar-refractivity contribution in [1.82, 2.24) is 0 Å². The lowest BCUT2D eigenvalue weighted by atomic mass is 10.1. The van der Waals surface area contributed by atoms with E-state index in [1.165, 1.54) is 5.56 Å². The van der Waals surface area contributed by atoms with Crippen LogP contribution in [-0.4, -0.2) is 17.3 Å². The van der Waals surface area contributed by atoms with Crippen LogP contribution < -0.4 is 10.1 Å². The van der Waals surface area contributed by atoms with Gasteiger partial charge < -0.3 is 15.2 Å². The van der Waals surface area contributed by atoms with Gasteiger partial charge in [0, 0.05) is 6.04 Å². The largest absolute Gasteiger partial charge is 0.508 e. The van der Waals surface area contributed by atoms with Crippen LogP contribution in [0.3, 0.4) is 0 Å². The molecule has 2 N–H and O–H groups in total. The minimum absolute atomic E-state index is 0.153.